The number of hydrogen-bond acceptors (Lipinski definition) is 4. The molecule has 3 N–H and O–H groups in total. The van der Waals surface area contributed by atoms with Crippen molar-refractivity contribution in [1.82, 2.24) is 10.3 Å². The van der Waals surface area contributed by atoms with Gasteiger partial charge in [-0.15, -0.1) is 0 Å². The van der Waals surface area contributed by atoms with Crippen molar-refractivity contribution in [1.29, 1.82) is 0 Å². The molecule has 0 fully saturated rings. The van der Waals surface area contributed by atoms with Crippen molar-refractivity contribution in [2.75, 3.05) is 13.2 Å². The van der Waals surface area contributed by atoms with Gasteiger partial charge in [-0.25, -0.2) is 4.98 Å². The van der Waals surface area contributed by atoms with Crippen LogP contribution in [0.4, 0.5) is 0 Å². The number of aliphatic hydroxyl groups is 2. The van der Waals surface area contributed by atoms with Gasteiger partial charge in [0, 0.05) is 5.39 Å². The van der Waals surface area contributed by atoms with Gasteiger partial charge in [0.1, 0.15) is 5.69 Å². The summed E-state index contributed by atoms with van der Waals surface area (Å²) in [6.45, 7) is 2.79. The SMILES string of the molecule is Cc1cc(C(=O)NC(C)(CO)CO)nc2ccccc12. The van der Waals surface area contributed by atoms with Gasteiger partial charge in [-0.1, -0.05) is 18.2 Å². The predicted octanol–water partition coefficient (Wildman–Crippen LogP) is 1.02. The lowest BCUT2D eigenvalue weighted by atomic mass is 10.0. The molecule has 1 heterocycles. The second-order valence-corrected chi connectivity index (χ2v) is 5.17. The summed E-state index contributed by atoms with van der Waals surface area (Å²) in [7, 11) is 0. The number of aliphatic hydroxyl groups excluding tert-OH is 2. The molecule has 2 aromatic rings. The van der Waals surface area contributed by atoms with Gasteiger partial charge in [0.15, 0.2) is 0 Å². The highest BCUT2D eigenvalue weighted by Crippen LogP contribution is 2.17. The Morgan fingerprint density at radius 2 is 1.95 bits per heavy atom. The van der Waals surface area contributed by atoms with Crippen molar-refractivity contribution in [3.8, 4) is 0 Å². The third-order valence-electron chi connectivity index (χ3n) is 3.27. The Bertz CT molecular complexity index is 636. The lowest BCUT2D eigenvalue weighted by Gasteiger charge is -2.26. The summed E-state index contributed by atoms with van der Waals surface area (Å²) in [5.74, 6) is -0.413. The molecule has 106 valence electrons. The number of benzene rings is 1. The minimum atomic E-state index is -1.06. The number of nitrogens with zero attached hydrogens (tertiary/aromatic N) is 1. The van der Waals surface area contributed by atoms with Crippen LogP contribution in [0.5, 0.6) is 0 Å². The maximum Gasteiger partial charge on any atom is 0.270 e. The molecule has 0 saturated heterocycles. The lowest BCUT2D eigenvalue weighted by Crippen LogP contribution is -2.51. The van der Waals surface area contributed by atoms with Gasteiger partial charge in [-0.3, -0.25) is 4.79 Å². The van der Waals surface area contributed by atoms with Crippen LogP contribution in [0, 0.1) is 6.92 Å². The van der Waals surface area contributed by atoms with Crippen molar-refractivity contribution >= 4 is 16.8 Å². The summed E-state index contributed by atoms with van der Waals surface area (Å²) in [5.41, 5.74) is 0.912. The van der Waals surface area contributed by atoms with E-state index in [2.05, 4.69) is 10.3 Å². The quantitative estimate of drug-likeness (QED) is 0.777. The van der Waals surface area contributed by atoms with E-state index in [1.165, 1.54) is 0 Å². The highest BCUT2D eigenvalue weighted by atomic mass is 16.3. The molecular formula is C15H18N2O3. The van der Waals surface area contributed by atoms with Crippen LogP contribution in [-0.2, 0) is 0 Å². The Morgan fingerprint density at radius 1 is 1.30 bits per heavy atom. The van der Waals surface area contributed by atoms with E-state index < -0.39 is 11.4 Å². The fourth-order valence-corrected chi connectivity index (χ4v) is 1.93. The van der Waals surface area contributed by atoms with Crippen molar-refractivity contribution in [2.45, 2.75) is 19.4 Å². The van der Waals surface area contributed by atoms with Crippen LogP contribution in [-0.4, -0.2) is 39.9 Å². The Balaban J connectivity index is 2.36. The summed E-state index contributed by atoms with van der Waals surface area (Å²) >= 11 is 0. The fraction of sp³-hybridized carbons (Fsp3) is 0.333. The zero-order chi connectivity index (χ0) is 14.8. The highest BCUT2D eigenvalue weighted by Gasteiger charge is 2.25. The van der Waals surface area contributed by atoms with Gasteiger partial charge in [-0.05, 0) is 31.5 Å². The maximum absolute atomic E-state index is 12.2. The molecule has 1 aromatic heterocycles. The average molecular weight is 274 g/mol. The topological polar surface area (TPSA) is 82.5 Å². The molecule has 1 aromatic carbocycles. The minimum Gasteiger partial charge on any atom is -0.394 e. The number of pyridine rings is 1. The van der Waals surface area contributed by atoms with Crippen LogP contribution in [0.2, 0.25) is 0 Å². The molecule has 1 amide bonds. The summed E-state index contributed by atoms with van der Waals surface area (Å²) in [6, 6.07) is 9.28. The maximum atomic E-state index is 12.2. The molecule has 0 aliphatic rings. The van der Waals surface area contributed by atoms with E-state index in [-0.39, 0.29) is 18.9 Å². The number of carbonyl (C=O) groups excluding carboxylic acids is 1. The Morgan fingerprint density at radius 3 is 2.60 bits per heavy atom. The number of para-hydroxylation sites is 1. The molecule has 5 nitrogen and oxygen atoms in total. The molecular weight excluding hydrogens is 256 g/mol. The van der Waals surface area contributed by atoms with Gasteiger partial charge in [-0.2, -0.15) is 0 Å². The molecule has 0 unspecified atom stereocenters. The van der Waals surface area contributed by atoms with Crippen LogP contribution in [0.15, 0.2) is 30.3 Å². The van der Waals surface area contributed by atoms with Crippen LogP contribution in [0.3, 0.4) is 0 Å². The van der Waals surface area contributed by atoms with Crippen molar-refractivity contribution < 1.29 is 15.0 Å². The lowest BCUT2D eigenvalue weighted by molar-refractivity contribution is 0.0720. The highest BCUT2D eigenvalue weighted by molar-refractivity contribution is 5.96. The van der Waals surface area contributed by atoms with E-state index in [1.54, 1.807) is 13.0 Å². The minimum absolute atomic E-state index is 0.273. The Hall–Kier alpha value is -1.98. The Labute approximate surface area is 117 Å². The first-order valence-corrected chi connectivity index (χ1v) is 6.40. The molecule has 0 aliphatic heterocycles. The molecule has 0 radical (unpaired) electrons. The molecule has 20 heavy (non-hydrogen) atoms. The first kappa shape index (κ1) is 14.4. The number of amides is 1. The normalized spacial score (nSPS) is 11.6. The van der Waals surface area contributed by atoms with Crippen LogP contribution in [0.1, 0.15) is 23.0 Å². The van der Waals surface area contributed by atoms with Gasteiger partial charge in [0.25, 0.3) is 5.91 Å². The summed E-state index contributed by atoms with van der Waals surface area (Å²) < 4.78 is 0. The molecule has 0 spiro atoms. The van der Waals surface area contributed by atoms with E-state index >= 15 is 0 Å². The molecule has 0 atom stereocenters. The number of aromatic nitrogens is 1. The molecule has 2 rings (SSSR count). The summed E-state index contributed by atoms with van der Waals surface area (Å²) in [4.78, 5) is 16.5. The van der Waals surface area contributed by atoms with Gasteiger partial charge in [0.2, 0.25) is 0 Å². The first-order chi connectivity index (χ1) is 9.49. The largest absolute Gasteiger partial charge is 0.394 e. The number of aryl methyl sites for hydroxylation is 1. The average Bonchev–Trinajstić information content (AvgIpc) is 2.47. The van der Waals surface area contributed by atoms with Gasteiger partial charge in [0.05, 0.1) is 24.3 Å². The van der Waals surface area contributed by atoms with E-state index in [4.69, 9.17) is 0 Å². The van der Waals surface area contributed by atoms with E-state index in [0.29, 0.717) is 0 Å². The summed E-state index contributed by atoms with van der Waals surface area (Å²) in [5, 5.41) is 22.0. The number of fused-ring (bicyclic) bond motifs is 1. The van der Waals surface area contributed by atoms with Gasteiger partial charge >= 0.3 is 0 Å². The third kappa shape index (κ3) is 2.79. The molecule has 0 bridgehead atoms. The standard InChI is InChI=1S/C15H18N2O3/c1-10-7-13(14(20)17-15(2,8-18)9-19)16-12-6-4-3-5-11(10)12/h3-7,18-19H,8-9H2,1-2H3,(H,17,20). The predicted molar refractivity (Wildman–Crippen MR) is 76.5 cm³/mol. The van der Waals surface area contributed by atoms with E-state index in [9.17, 15) is 15.0 Å². The number of rotatable bonds is 4. The van der Waals surface area contributed by atoms with Crippen molar-refractivity contribution in [3.05, 3.63) is 41.6 Å². The van der Waals surface area contributed by atoms with E-state index in [0.717, 1.165) is 16.5 Å². The number of carbonyl (C=O) groups is 1. The van der Waals surface area contributed by atoms with E-state index in [1.807, 2.05) is 31.2 Å². The first-order valence-electron chi connectivity index (χ1n) is 6.40. The molecule has 0 saturated carbocycles. The van der Waals surface area contributed by atoms with Gasteiger partial charge < -0.3 is 15.5 Å². The fourth-order valence-electron chi connectivity index (χ4n) is 1.93. The Kier molecular flexibility index (Phi) is 4.01. The van der Waals surface area contributed by atoms with Crippen molar-refractivity contribution in [2.24, 2.45) is 0 Å². The third-order valence-corrected chi connectivity index (χ3v) is 3.27. The van der Waals surface area contributed by atoms with Crippen LogP contribution in [0.25, 0.3) is 10.9 Å². The number of nitrogens with one attached hydrogen (secondary N) is 1. The van der Waals surface area contributed by atoms with Crippen molar-refractivity contribution in [3.63, 3.8) is 0 Å². The molecule has 0 aliphatic carbocycles. The smallest absolute Gasteiger partial charge is 0.270 e. The zero-order valence-corrected chi connectivity index (χ0v) is 11.6. The number of hydrogen-bond donors (Lipinski definition) is 3. The van der Waals surface area contributed by atoms with Crippen LogP contribution < -0.4 is 5.32 Å². The zero-order valence-electron chi connectivity index (χ0n) is 11.6. The summed E-state index contributed by atoms with van der Waals surface area (Å²) in [6.07, 6.45) is 0. The molecule has 5 heteroatoms. The monoisotopic (exact) mass is 274 g/mol. The van der Waals surface area contributed by atoms with Crippen LogP contribution >= 0.6 is 0 Å². The second-order valence-electron chi connectivity index (χ2n) is 5.17. The second kappa shape index (κ2) is 5.56.